The molecule has 1 aliphatic rings. The van der Waals surface area contributed by atoms with Crippen molar-refractivity contribution in [2.24, 2.45) is 0 Å². The lowest BCUT2D eigenvalue weighted by molar-refractivity contribution is 0.0600. The van der Waals surface area contributed by atoms with E-state index in [9.17, 15) is 4.79 Å². The van der Waals surface area contributed by atoms with Crippen molar-refractivity contribution >= 4 is 17.5 Å². The number of nitrogens with zero attached hydrogens (tertiary/aromatic N) is 3. The Kier molecular flexibility index (Phi) is 5.05. The molecule has 0 saturated carbocycles. The van der Waals surface area contributed by atoms with Crippen LogP contribution in [0.2, 0.25) is 5.22 Å². The molecule has 1 saturated heterocycles. The zero-order chi connectivity index (χ0) is 14.5. The van der Waals surface area contributed by atoms with Gasteiger partial charge >= 0.3 is 0 Å². The van der Waals surface area contributed by atoms with Crippen LogP contribution in [0.3, 0.4) is 0 Å². The molecule has 0 spiro atoms. The monoisotopic (exact) mass is 295 g/mol. The first-order chi connectivity index (χ1) is 9.67. The number of rotatable bonds is 4. The number of carbonyl (C=O) groups excluding carboxylic acids is 1. The molecule has 1 aliphatic heterocycles. The number of hydrogen-bond acceptors (Lipinski definition) is 4. The highest BCUT2D eigenvalue weighted by atomic mass is 35.5. The average molecular weight is 296 g/mol. The van der Waals surface area contributed by atoms with Gasteiger partial charge in [0.25, 0.3) is 5.91 Å². The Morgan fingerprint density at radius 1 is 1.50 bits per heavy atom. The first-order valence-electron chi connectivity index (χ1n) is 6.83. The molecule has 0 radical (unpaired) electrons. The Morgan fingerprint density at radius 2 is 2.20 bits per heavy atom. The molecule has 1 fully saturated rings. The SMILES string of the molecule is CCCC(C#N)N1CCN(C(=O)c2ccoc2Cl)CC1. The molecule has 2 heterocycles. The van der Waals surface area contributed by atoms with Crippen LogP contribution in [0.5, 0.6) is 0 Å². The smallest absolute Gasteiger partial charge is 0.258 e. The minimum atomic E-state index is -0.104. The average Bonchev–Trinajstić information content (AvgIpc) is 2.90. The van der Waals surface area contributed by atoms with Crippen LogP contribution in [-0.2, 0) is 0 Å². The molecule has 5 nitrogen and oxygen atoms in total. The van der Waals surface area contributed by atoms with E-state index in [1.165, 1.54) is 6.26 Å². The number of amides is 1. The minimum absolute atomic E-state index is 0.0465. The summed E-state index contributed by atoms with van der Waals surface area (Å²) in [7, 11) is 0. The highest BCUT2D eigenvalue weighted by Crippen LogP contribution is 2.20. The quantitative estimate of drug-likeness (QED) is 0.855. The van der Waals surface area contributed by atoms with Crippen molar-refractivity contribution in [3.05, 3.63) is 23.1 Å². The van der Waals surface area contributed by atoms with Gasteiger partial charge in [-0.25, -0.2) is 0 Å². The van der Waals surface area contributed by atoms with Crippen molar-refractivity contribution in [3.8, 4) is 6.07 Å². The van der Waals surface area contributed by atoms with Crippen LogP contribution in [0, 0.1) is 11.3 Å². The Bertz CT molecular complexity index is 501. The van der Waals surface area contributed by atoms with Gasteiger partial charge in [-0.1, -0.05) is 13.3 Å². The number of hydrogen-bond donors (Lipinski definition) is 0. The van der Waals surface area contributed by atoms with E-state index < -0.39 is 0 Å². The molecule has 1 unspecified atom stereocenters. The molecule has 0 bridgehead atoms. The van der Waals surface area contributed by atoms with Gasteiger partial charge < -0.3 is 9.32 Å². The molecule has 6 heteroatoms. The second-order valence-electron chi connectivity index (χ2n) is 4.87. The molecule has 20 heavy (non-hydrogen) atoms. The minimum Gasteiger partial charge on any atom is -0.452 e. The van der Waals surface area contributed by atoms with Crippen LogP contribution in [-0.4, -0.2) is 47.9 Å². The normalized spacial score (nSPS) is 17.8. The fourth-order valence-corrected chi connectivity index (χ4v) is 2.65. The highest BCUT2D eigenvalue weighted by Gasteiger charge is 2.27. The van der Waals surface area contributed by atoms with Gasteiger partial charge in [-0.15, -0.1) is 0 Å². The molecule has 1 aromatic rings. The van der Waals surface area contributed by atoms with Gasteiger partial charge in [-0.2, -0.15) is 5.26 Å². The summed E-state index contributed by atoms with van der Waals surface area (Å²) in [6.07, 6.45) is 3.28. The highest BCUT2D eigenvalue weighted by molar-refractivity contribution is 6.32. The van der Waals surface area contributed by atoms with Crippen LogP contribution in [0.1, 0.15) is 30.1 Å². The van der Waals surface area contributed by atoms with Gasteiger partial charge in [0.05, 0.1) is 23.9 Å². The summed E-state index contributed by atoms with van der Waals surface area (Å²) in [5, 5.41) is 9.31. The summed E-state index contributed by atoms with van der Waals surface area (Å²) in [4.78, 5) is 16.2. The number of furan rings is 1. The second kappa shape index (κ2) is 6.78. The van der Waals surface area contributed by atoms with Crippen molar-refractivity contribution in [3.63, 3.8) is 0 Å². The summed E-state index contributed by atoms with van der Waals surface area (Å²) in [6, 6.07) is 3.88. The third kappa shape index (κ3) is 3.14. The Hall–Kier alpha value is -1.51. The topological polar surface area (TPSA) is 60.5 Å². The number of piperazine rings is 1. The van der Waals surface area contributed by atoms with Crippen molar-refractivity contribution in [2.45, 2.75) is 25.8 Å². The Balaban J connectivity index is 1.93. The van der Waals surface area contributed by atoms with Crippen molar-refractivity contribution in [2.75, 3.05) is 26.2 Å². The van der Waals surface area contributed by atoms with Crippen molar-refractivity contribution in [1.29, 1.82) is 5.26 Å². The molecular formula is C14H18ClN3O2. The van der Waals surface area contributed by atoms with Crippen LogP contribution in [0.15, 0.2) is 16.7 Å². The zero-order valence-corrected chi connectivity index (χ0v) is 12.3. The molecule has 0 aromatic carbocycles. The van der Waals surface area contributed by atoms with Gasteiger partial charge in [-0.3, -0.25) is 9.69 Å². The van der Waals surface area contributed by atoms with Gasteiger partial charge in [0, 0.05) is 26.2 Å². The third-order valence-electron chi connectivity index (χ3n) is 3.60. The van der Waals surface area contributed by atoms with Gasteiger partial charge in [0.2, 0.25) is 5.22 Å². The lowest BCUT2D eigenvalue weighted by Gasteiger charge is -2.36. The van der Waals surface area contributed by atoms with Crippen LogP contribution in [0.4, 0.5) is 0 Å². The summed E-state index contributed by atoms with van der Waals surface area (Å²) >= 11 is 5.83. The van der Waals surface area contributed by atoms with E-state index in [1.807, 2.05) is 0 Å². The van der Waals surface area contributed by atoms with E-state index in [-0.39, 0.29) is 17.2 Å². The number of halogens is 1. The first-order valence-corrected chi connectivity index (χ1v) is 7.21. The zero-order valence-electron chi connectivity index (χ0n) is 11.5. The maximum atomic E-state index is 12.3. The predicted octanol–water partition coefficient (Wildman–Crippen LogP) is 2.38. The van der Waals surface area contributed by atoms with Gasteiger partial charge in [0.15, 0.2) is 0 Å². The molecule has 108 valence electrons. The van der Waals surface area contributed by atoms with E-state index in [0.717, 1.165) is 25.9 Å². The Labute approximate surface area is 123 Å². The summed E-state index contributed by atoms with van der Waals surface area (Å²) in [5.74, 6) is -0.104. The molecule has 1 amide bonds. The third-order valence-corrected chi connectivity index (χ3v) is 3.89. The summed E-state index contributed by atoms with van der Waals surface area (Å²) < 4.78 is 4.95. The maximum Gasteiger partial charge on any atom is 0.258 e. The largest absolute Gasteiger partial charge is 0.452 e. The lowest BCUT2D eigenvalue weighted by atomic mass is 10.1. The fraction of sp³-hybridized carbons (Fsp3) is 0.571. The molecular weight excluding hydrogens is 278 g/mol. The molecule has 1 aromatic heterocycles. The molecule has 0 aliphatic carbocycles. The standard InChI is InChI=1S/C14H18ClN3O2/c1-2-3-11(10-16)17-5-7-18(8-6-17)14(19)12-4-9-20-13(12)15/h4,9,11H,2-3,5-8H2,1H3. The van der Waals surface area contributed by atoms with Gasteiger partial charge in [0.1, 0.15) is 0 Å². The van der Waals surface area contributed by atoms with Crippen molar-refractivity contribution in [1.82, 2.24) is 9.80 Å². The van der Waals surface area contributed by atoms with Crippen molar-refractivity contribution < 1.29 is 9.21 Å². The fourth-order valence-electron chi connectivity index (χ4n) is 2.46. The van der Waals surface area contributed by atoms with Crippen LogP contribution < -0.4 is 0 Å². The first kappa shape index (κ1) is 14.9. The molecule has 2 rings (SSSR count). The molecule has 0 N–H and O–H groups in total. The van der Waals surface area contributed by atoms with Gasteiger partial charge in [-0.05, 0) is 24.1 Å². The lowest BCUT2D eigenvalue weighted by Crippen LogP contribution is -2.51. The number of nitriles is 1. The second-order valence-corrected chi connectivity index (χ2v) is 5.21. The maximum absolute atomic E-state index is 12.3. The van der Waals surface area contributed by atoms with E-state index in [0.29, 0.717) is 18.7 Å². The van der Waals surface area contributed by atoms with Crippen LogP contribution >= 0.6 is 11.6 Å². The number of carbonyl (C=O) groups is 1. The van der Waals surface area contributed by atoms with E-state index >= 15 is 0 Å². The van der Waals surface area contributed by atoms with E-state index in [1.54, 1.807) is 11.0 Å². The predicted molar refractivity (Wildman–Crippen MR) is 75.5 cm³/mol. The Morgan fingerprint density at radius 3 is 2.70 bits per heavy atom. The molecule has 1 atom stereocenters. The van der Waals surface area contributed by atoms with E-state index in [4.69, 9.17) is 21.3 Å². The van der Waals surface area contributed by atoms with Crippen LogP contribution in [0.25, 0.3) is 0 Å². The summed E-state index contributed by atoms with van der Waals surface area (Å²) in [5.41, 5.74) is 0.408. The van der Waals surface area contributed by atoms with E-state index in [2.05, 4.69) is 17.9 Å². The summed E-state index contributed by atoms with van der Waals surface area (Å²) in [6.45, 7) is 4.74.